The third-order valence-electron chi connectivity index (χ3n) is 5.23. The molecular formula is C20H26O5. The number of carbonyl (C=O) groups excluding carboxylic acids is 2. The summed E-state index contributed by atoms with van der Waals surface area (Å²) in [6.07, 6.45) is 4.84. The summed E-state index contributed by atoms with van der Waals surface area (Å²) in [5.74, 6) is -1.20. The Morgan fingerprint density at radius 2 is 2.16 bits per heavy atom. The minimum absolute atomic E-state index is 0.169. The van der Waals surface area contributed by atoms with Crippen LogP contribution in [0.4, 0.5) is 0 Å². The van der Waals surface area contributed by atoms with Gasteiger partial charge in [0.25, 0.3) is 0 Å². The van der Waals surface area contributed by atoms with Crippen molar-refractivity contribution >= 4 is 11.9 Å². The molecule has 25 heavy (non-hydrogen) atoms. The van der Waals surface area contributed by atoms with Crippen LogP contribution in [0.2, 0.25) is 0 Å². The first-order valence-electron chi connectivity index (χ1n) is 8.80. The van der Waals surface area contributed by atoms with E-state index < -0.39 is 24.1 Å². The number of carbonyl (C=O) groups is 2. The van der Waals surface area contributed by atoms with Crippen molar-refractivity contribution < 1.29 is 23.8 Å². The van der Waals surface area contributed by atoms with Crippen molar-refractivity contribution in [3.8, 4) is 0 Å². The minimum Gasteiger partial charge on any atom is -0.458 e. The van der Waals surface area contributed by atoms with Crippen LogP contribution in [0.5, 0.6) is 0 Å². The lowest BCUT2D eigenvalue weighted by Gasteiger charge is -2.27. The second kappa shape index (κ2) is 6.45. The van der Waals surface area contributed by atoms with E-state index in [4.69, 9.17) is 14.2 Å². The van der Waals surface area contributed by atoms with E-state index in [1.807, 2.05) is 27.7 Å². The fourth-order valence-corrected chi connectivity index (χ4v) is 3.83. The van der Waals surface area contributed by atoms with E-state index in [9.17, 15) is 9.59 Å². The highest BCUT2D eigenvalue weighted by atomic mass is 16.6. The SMILES string of the molecule is C=C1C(=O)OC2C1C(OC(=O)C=C(C)C)CC(C)=CCCC1(C)OC21. The van der Waals surface area contributed by atoms with Gasteiger partial charge in [-0.15, -0.1) is 0 Å². The molecule has 0 spiro atoms. The minimum atomic E-state index is -0.491. The largest absolute Gasteiger partial charge is 0.458 e. The molecule has 3 aliphatic rings. The van der Waals surface area contributed by atoms with Crippen LogP contribution in [0, 0.1) is 5.92 Å². The van der Waals surface area contributed by atoms with Crippen LogP contribution in [0.1, 0.15) is 47.0 Å². The highest BCUT2D eigenvalue weighted by Crippen LogP contribution is 2.50. The van der Waals surface area contributed by atoms with E-state index in [2.05, 4.69) is 12.7 Å². The summed E-state index contributed by atoms with van der Waals surface area (Å²) < 4.78 is 17.2. The zero-order chi connectivity index (χ0) is 18.4. The molecule has 0 N–H and O–H groups in total. The number of rotatable bonds is 2. The molecule has 1 aliphatic carbocycles. The molecule has 5 heteroatoms. The first kappa shape index (κ1) is 17.9. The maximum atomic E-state index is 12.2. The van der Waals surface area contributed by atoms with Gasteiger partial charge >= 0.3 is 11.9 Å². The summed E-state index contributed by atoms with van der Waals surface area (Å²) in [5.41, 5.74) is 2.07. The van der Waals surface area contributed by atoms with Gasteiger partial charge in [-0.2, -0.15) is 0 Å². The fourth-order valence-electron chi connectivity index (χ4n) is 3.83. The predicted octanol–water partition coefficient (Wildman–Crippen LogP) is 3.25. The van der Waals surface area contributed by atoms with E-state index in [1.54, 1.807) is 0 Å². The van der Waals surface area contributed by atoms with Gasteiger partial charge in [-0.1, -0.05) is 23.8 Å². The van der Waals surface area contributed by atoms with Gasteiger partial charge in [-0.25, -0.2) is 9.59 Å². The molecule has 5 nitrogen and oxygen atoms in total. The van der Waals surface area contributed by atoms with Crippen molar-refractivity contribution in [1.82, 2.24) is 0 Å². The Morgan fingerprint density at radius 1 is 1.44 bits per heavy atom. The number of epoxide rings is 1. The third kappa shape index (κ3) is 3.56. The quantitative estimate of drug-likeness (QED) is 0.332. The van der Waals surface area contributed by atoms with Crippen LogP contribution >= 0.6 is 0 Å². The Kier molecular flexibility index (Phi) is 4.62. The molecule has 0 bridgehead atoms. The Labute approximate surface area is 148 Å². The molecular weight excluding hydrogens is 320 g/mol. The molecule has 5 unspecified atom stereocenters. The molecule has 2 aliphatic heterocycles. The molecule has 0 aromatic carbocycles. The zero-order valence-electron chi connectivity index (χ0n) is 15.3. The van der Waals surface area contributed by atoms with E-state index in [0.29, 0.717) is 12.0 Å². The lowest BCUT2D eigenvalue weighted by atomic mass is 9.82. The molecule has 2 saturated heterocycles. The average Bonchev–Trinajstić information content (AvgIpc) is 3.06. The Hall–Kier alpha value is -1.88. The Morgan fingerprint density at radius 3 is 2.84 bits per heavy atom. The van der Waals surface area contributed by atoms with Crippen molar-refractivity contribution in [2.45, 2.75) is 70.9 Å². The van der Waals surface area contributed by atoms with Crippen LogP contribution in [0.3, 0.4) is 0 Å². The standard InChI is InChI=1S/C20H26O5/c1-11(2)9-15(21)23-14-10-12(3)7-6-8-20(5)18(25-20)17-16(14)13(4)19(22)24-17/h7,9,14,16-18H,4,6,8,10H2,1-3,5H3. The highest BCUT2D eigenvalue weighted by molar-refractivity contribution is 5.91. The number of esters is 2. The van der Waals surface area contributed by atoms with Crippen LogP contribution in [-0.4, -0.2) is 35.9 Å². The molecule has 2 heterocycles. The predicted molar refractivity (Wildman–Crippen MR) is 92.7 cm³/mol. The number of allylic oxidation sites excluding steroid dienone is 2. The van der Waals surface area contributed by atoms with Gasteiger partial charge in [0.05, 0.1) is 11.5 Å². The molecule has 0 amide bonds. The van der Waals surface area contributed by atoms with Crippen molar-refractivity contribution in [3.63, 3.8) is 0 Å². The second-order valence-corrected chi connectivity index (χ2v) is 7.76. The molecule has 0 saturated carbocycles. The van der Waals surface area contributed by atoms with E-state index in [0.717, 1.165) is 24.0 Å². The van der Waals surface area contributed by atoms with Crippen molar-refractivity contribution in [2.75, 3.05) is 0 Å². The fraction of sp³-hybridized carbons (Fsp3) is 0.600. The number of hydrogen-bond acceptors (Lipinski definition) is 5. The Bertz CT molecular complexity index is 670. The molecule has 0 radical (unpaired) electrons. The lowest BCUT2D eigenvalue weighted by Crippen LogP contribution is -2.38. The smallest absolute Gasteiger partial charge is 0.334 e. The molecule has 5 atom stereocenters. The summed E-state index contributed by atoms with van der Waals surface area (Å²) in [7, 11) is 0. The average molecular weight is 346 g/mol. The molecule has 136 valence electrons. The van der Waals surface area contributed by atoms with Crippen LogP contribution < -0.4 is 0 Å². The van der Waals surface area contributed by atoms with E-state index in [1.165, 1.54) is 6.08 Å². The summed E-state index contributed by atoms with van der Waals surface area (Å²) >= 11 is 0. The summed E-state index contributed by atoms with van der Waals surface area (Å²) in [6, 6.07) is 0. The normalized spacial score (nSPS) is 37.2. The molecule has 2 fully saturated rings. The molecule has 3 rings (SSSR count). The first-order valence-corrected chi connectivity index (χ1v) is 8.80. The van der Waals surface area contributed by atoms with Gasteiger partial charge in [0.2, 0.25) is 0 Å². The van der Waals surface area contributed by atoms with Crippen molar-refractivity contribution in [2.24, 2.45) is 5.92 Å². The number of fused-ring (bicyclic) bond motifs is 3. The Balaban J connectivity index is 1.93. The summed E-state index contributed by atoms with van der Waals surface area (Å²) in [4.78, 5) is 24.4. The van der Waals surface area contributed by atoms with Crippen molar-refractivity contribution in [3.05, 3.63) is 35.5 Å². The van der Waals surface area contributed by atoms with Gasteiger partial charge in [0.15, 0.2) is 0 Å². The summed E-state index contributed by atoms with van der Waals surface area (Å²) in [5, 5.41) is 0. The van der Waals surface area contributed by atoms with Crippen LogP contribution in [-0.2, 0) is 23.8 Å². The highest BCUT2D eigenvalue weighted by Gasteiger charge is 2.63. The zero-order valence-corrected chi connectivity index (χ0v) is 15.3. The van der Waals surface area contributed by atoms with Gasteiger partial charge in [-0.3, -0.25) is 0 Å². The van der Waals surface area contributed by atoms with Gasteiger partial charge in [0, 0.05) is 18.1 Å². The number of hydrogen-bond donors (Lipinski definition) is 0. The van der Waals surface area contributed by atoms with Crippen molar-refractivity contribution in [1.29, 1.82) is 0 Å². The van der Waals surface area contributed by atoms with Gasteiger partial charge in [0.1, 0.15) is 18.3 Å². The van der Waals surface area contributed by atoms with Crippen LogP contribution in [0.15, 0.2) is 35.5 Å². The van der Waals surface area contributed by atoms with E-state index >= 15 is 0 Å². The monoisotopic (exact) mass is 346 g/mol. The topological polar surface area (TPSA) is 65.1 Å². The van der Waals surface area contributed by atoms with Crippen LogP contribution in [0.25, 0.3) is 0 Å². The van der Waals surface area contributed by atoms with E-state index in [-0.39, 0.29) is 17.6 Å². The number of ether oxygens (including phenoxy) is 3. The third-order valence-corrected chi connectivity index (χ3v) is 5.23. The summed E-state index contributed by atoms with van der Waals surface area (Å²) in [6.45, 7) is 11.7. The maximum Gasteiger partial charge on any atom is 0.334 e. The maximum absolute atomic E-state index is 12.2. The molecule has 0 aromatic heterocycles. The second-order valence-electron chi connectivity index (χ2n) is 7.76. The van der Waals surface area contributed by atoms with Gasteiger partial charge < -0.3 is 14.2 Å². The van der Waals surface area contributed by atoms with Gasteiger partial charge in [-0.05, 0) is 40.5 Å². The lowest BCUT2D eigenvalue weighted by molar-refractivity contribution is -0.147. The molecule has 0 aromatic rings. The first-order chi connectivity index (χ1) is 11.7.